The Hall–Kier alpha value is -4.20. The number of halogens is 2. The molecule has 2 aromatic heterocycles. The number of piperidine rings is 3. The van der Waals surface area contributed by atoms with Gasteiger partial charge in [-0.05, 0) is 75.7 Å². The highest BCUT2D eigenvalue weighted by Crippen LogP contribution is 2.34. The molecule has 12 nitrogen and oxygen atoms in total. The first-order valence-corrected chi connectivity index (χ1v) is 16.1. The standard InChI is InChI=1S/C32H40F2N8O4/c1-40-26-17-21(4-5-24(26)29(39-40)25-6-7-27(43)38-30(25)45)20-8-13-41(14-9-20)12-2-3-28(44)42-15-10-22(11-16-42)37-32-35-18-23(19-36-32)46-31(33)34/h4-5,17-20,22,25,31H,2-3,6-16H2,1H3,(H,35,36,37)(H,38,43,45). The lowest BCUT2D eigenvalue weighted by Crippen LogP contribution is -2.42. The second kappa shape index (κ2) is 14.1. The number of alkyl halides is 2. The van der Waals surface area contributed by atoms with Crippen LogP contribution < -0.4 is 15.4 Å². The highest BCUT2D eigenvalue weighted by molar-refractivity contribution is 6.02. The molecule has 0 spiro atoms. The third-order valence-corrected chi connectivity index (χ3v) is 9.43. The van der Waals surface area contributed by atoms with Crippen LogP contribution >= 0.6 is 0 Å². The van der Waals surface area contributed by atoms with Gasteiger partial charge in [0.25, 0.3) is 0 Å². The van der Waals surface area contributed by atoms with Gasteiger partial charge in [0.2, 0.25) is 23.7 Å². The first-order chi connectivity index (χ1) is 22.2. The first-order valence-electron chi connectivity index (χ1n) is 16.1. The van der Waals surface area contributed by atoms with E-state index in [0.717, 1.165) is 68.3 Å². The third-order valence-electron chi connectivity index (χ3n) is 9.43. The molecular formula is C32H40F2N8O4. The zero-order valence-electron chi connectivity index (χ0n) is 26.0. The number of imide groups is 1. The minimum absolute atomic E-state index is 0.0866. The van der Waals surface area contributed by atoms with Crippen LogP contribution in [-0.4, -0.2) is 92.6 Å². The van der Waals surface area contributed by atoms with Gasteiger partial charge >= 0.3 is 6.61 Å². The molecule has 1 unspecified atom stereocenters. The van der Waals surface area contributed by atoms with Crippen LogP contribution in [0.2, 0.25) is 0 Å². The number of ether oxygens (including phenoxy) is 1. The molecule has 1 atom stereocenters. The molecule has 3 aliphatic heterocycles. The van der Waals surface area contributed by atoms with E-state index >= 15 is 0 Å². The number of hydrogen-bond acceptors (Lipinski definition) is 9. The number of nitrogens with zero attached hydrogens (tertiary/aromatic N) is 6. The molecule has 3 saturated heterocycles. The second-order valence-corrected chi connectivity index (χ2v) is 12.4. The van der Waals surface area contributed by atoms with E-state index in [1.807, 2.05) is 16.6 Å². The van der Waals surface area contributed by atoms with Crippen LogP contribution in [0.25, 0.3) is 10.9 Å². The van der Waals surface area contributed by atoms with Gasteiger partial charge in [0, 0.05) is 44.4 Å². The second-order valence-electron chi connectivity index (χ2n) is 12.4. The zero-order valence-corrected chi connectivity index (χ0v) is 26.0. The average Bonchev–Trinajstić information content (AvgIpc) is 3.37. The molecule has 5 heterocycles. The first kappa shape index (κ1) is 31.8. The number of rotatable bonds is 10. The van der Waals surface area contributed by atoms with E-state index in [2.05, 4.69) is 53.5 Å². The summed E-state index contributed by atoms with van der Waals surface area (Å²) in [4.78, 5) is 49.4. The summed E-state index contributed by atoms with van der Waals surface area (Å²) in [5.41, 5.74) is 3.02. The number of anilines is 1. The van der Waals surface area contributed by atoms with E-state index in [9.17, 15) is 23.2 Å². The lowest BCUT2D eigenvalue weighted by atomic mass is 9.87. The highest BCUT2D eigenvalue weighted by atomic mass is 19.3. The Balaban J connectivity index is 0.914. The summed E-state index contributed by atoms with van der Waals surface area (Å²) in [6.45, 7) is 1.27. The van der Waals surface area contributed by atoms with Gasteiger partial charge in [-0.2, -0.15) is 13.9 Å². The molecule has 6 rings (SSSR count). The fourth-order valence-corrected chi connectivity index (χ4v) is 6.88. The summed E-state index contributed by atoms with van der Waals surface area (Å²) in [6.07, 6.45) is 8.21. The van der Waals surface area contributed by atoms with Gasteiger partial charge in [-0.15, -0.1) is 0 Å². The number of fused-ring (bicyclic) bond motifs is 1. The maximum atomic E-state index is 12.9. The van der Waals surface area contributed by atoms with Gasteiger partial charge in [0.05, 0.1) is 29.5 Å². The number of aromatic nitrogens is 4. The molecule has 0 radical (unpaired) electrons. The fourth-order valence-electron chi connectivity index (χ4n) is 6.88. The molecule has 2 N–H and O–H groups in total. The Bertz CT molecular complexity index is 1550. The molecule has 3 fully saturated rings. The molecule has 46 heavy (non-hydrogen) atoms. The number of carbonyl (C=O) groups excluding carboxylic acids is 3. The van der Waals surface area contributed by atoms with Gasteiger partial charge < -0.3 is 19.9 Å². The average molecular weight is 639 g/mol. The van der Waals surface area contributed by atoms with Crippen molar-refractivity contribution < 1.29 is 27.9 Å². The molecular weight excluding hydrogens is 598 g/mol. The highest BCUT2D eigenvalue weighted by Gasteiger charge is 2.32. The van der Waals surface area contributed by atoms with E-state index in [0.29, 0.717) is 44.2 Å². The molecule has 3 amide bonds. The van der Waals surface area contributed by atoms with Crippen molar-refractivity contribution in [1.82, 2.24) is 34.9 Å². The predicted octanol–water partition coefficient (Wildman–Crippen LogP) is 3.55. The molecule has 0 saturated carbocycles. The van der Waals surface area contributed by atoms with Crippen molar-refractivity contribution in [2.75, 3.05) is 38.0 Å². The Labute approximate surface area is 265 Å². The summed E-state index contributed by atoms with van der Waals surface area (Å²) >= 11 is 0. The van der Waals surface area contributed by atoms with Gasteiger partial charge in [-0.3, -0.25) is 24.4 Å². The summed E-state index contributed by atoms with van der Waals surface area (Å²) in [6, 6.07) is 6.54. The van der Waals surface area contributed by atoms with Crippen LogP contribution in [-0.2, 0) is 21.4 Å². The van der Waals surface area contributed by atoms with Crippen LogP contribution in [0.4, 0.5) is 14.7 Å². The molecule has 14 heteroatoms. The van der Waals surface area contributed by atoms with E-state index in [4.69, 9.17) is 0 Å². The molecule has 0 aliphatic carbocycles. The Morgan fingerprint density at radius 1 is 1.07 bits per heavy atom. The summed E-state index contributed by atoms with van der Waals surface area (Å²) in [5, 5.41) is 11.3. The number of hydrogen-bond donors (Lipinski definition) is 2. The minimum atomic E-state index is -2.91. The number of aryl methyl sites for hydroxylation is 1. The Morgan fingerprint density at radius 3 is 2.50 bits per heavy atom. The van der Waals surface area contributed by atoms with Crippen molar-refractivity contribution in [3.05, 3.63) is 41.9 Å². The van der Waals surface area contributed by atoms with Gasteiger partial charge in [0.15, 0.2) is 5.75 Å². The van der Waals surface area contributed by atoms with Gasteiger partial charge in [0.1, 0.15) is 0 Å². The van der Waals surface area contributed by atoms with E-state index in [1.165, 1.54) is 18.0 Å². The van der Waals surface area contributed by atoms with Crippen molar-refractivity contribution in [2.45, 2.75) is 75.9 Å². The molecule has 246 valence electrons. The molecule has 0 bridgehead atoms. The van der Waals surface area contributed by atoms with E-state index in [1.54, 1.807) is 0 Å². The normalized spacial score (nSPS) is 20.3. The summed E-state index contributed by atoms with van der Waals surface area (Å²) in [7, 11) is 1.90. The molecule has 3 aromatic rings. The van der Waals surface area contributed by atoms with Gasteiger partial charge in [-0.25, -0.2) is 9.97 Å². The van der Waals surface area contributed by atoms with Crippen LogP contribution in [0.5, 0.6) is 5.75 Å². The summed E-state index contributed by atoms with van der Waals surface area (Å²) < 4.78 is 30.7. The zero-order chi connectivity index (χ0) is 32.2. The minimum Gasteiger partial charge on any atom is -0.432 e. The topological polar surface area (TPSA) is 135 Å². The van der Waals surface area contributed by atoms with Crippen LogP contribution in [0.15, 0.2) is 30.6 Å². The summed E-state index contributed by atoms with van der Waals surface area (Å²) in [5.74, 6) is -0.00792. The van der Waals surface area contributed by atoms with Crippen molar-refractivity contribution in [1.29, 1.82) is 0 Å². The SMILES string of the molecule is Cn1nc(C2CCC(=O)NC2=O)c2ccc(C3CCN(CCCC(=O)N4CCC(Nc5ncc(OC(F)F)cn5)CC4)CC3)cc21. The lowest BCUT2D eigenvalue weighted by molar-refractivity contribution is -0.134. The van der Waals surface area contributed by atoms with E-state index in [-0.39, 0.29) is 29.5 Å². The van der Waals surface area contributed by atoms with Crippen LogP contribution in [0.3, 0.4) is 0 Å². The molecule has 1 aromatic carbocycles. The number of amides is 3. The third kappa shape index (κ3) is 7.43. The predicted molar refractivity (Wildman–Crippen MR) is 165 cm³/mol. The van der Waals surface area contributed by atoms with Crippen molar-refractivity contribution in [2.24, 2.45) is 7.05 Å². The monoisotopic (exact) mass is 638 g/mol. The largest absolute Gasteiger partial charge is 0.432 e. The fraction of sp³-hybridized carbons (Fsp3) is 0.562. The number of likely N-dealkylation sites (tertiary alicyclic amines) is 2. The van der Waals surface area contributed by atoms with Gasteiger partial charge in [-0.1, -0.05) is 12.1 Å². The smallest absolute Gasteiger partial charge is 0.387 e. The van der Waals surface area contributed by atoms with Crippen molar-refractivity contribution in [3.8, 4) is 5.75 Å². The Morgan fingerprint density at radius 2 is 1.80 bits per heavy atom. The quantitative estimate of drug-likeness (QED) is 0.320. The van der Waals surface area contributed by atoms with Crippen molar-refractivity contribution in [3.63, 3.8) is 0 Å². The number of nitrogens with one attached hydrogen (secondary N) is 2. The van der Waals surface area contributed by atoms with E-state index < -0.39 is 12.5 Å². The number of carbonyl (C=O) groups is 3. The molecule has 3 aliphatic rings. The maximum absolute atomic E-state index is 12.9. The maximum Gasteiger partial charge on any atom is 0.387 e. The van der Waals surface area contributed by atoms with Crippen molar-refractivity contribution >= 4 is 34.6 Å². The van der Waals surface area contributed by atoms with Crippen LogP contribution in [0, 0.1) is 0 Å². The lowest BCUT2D eigenvalue weighted by Gasteiger charge is -2.33. The Kier molecular flexibility index (Phi) is 9.71. The number of benzene rings is 1. The van der Waals surface area contributed by atoms with Crippen LogP contribution in [0.1, 0.15) is 74.5 Å².